The molecular weight excluding hydrogens is 276 g/mol. The van der Waals surface area contributed by atoms with Gasteiger partial charge in [-0.15, -0.1) is 11.3 Å². The van der Waals surface area contributed by atoms with Crippen molar-refractivity contribution in [2.75, 3.05) is 13.7 Å². The molecule has 2 heterocycles. The number of carbonyl (C=O) groups is 2. The number of carbonyl (C=O) groups excluding carboxylic acids is 2. The summed E-state index contributed by atoms with van der Waals surface area (Å²) in [5, 5.41) is 2.64. The molecule has 1 aromatic rings. The van der Waals surface area contributed by atoms with Gasteiger partial charge in [-0.3, -0.25) is 9.69 Å². The Hall–Kier alpha value is -1.11. The topological polar surface area (TPSA) is 58.6 Å². The van der Waals surface area contributed by atoms with Gasteiger partial charge in [0.05, 0.1) is 17.5 Å². The van der Waals surface area contributed by atoms with E-state index >= 15 is 0 Å². The van der Waals surface area contributed by atoms with E-state index in [2.05, 4.69) is 5.32 Å². The standard InChI is InChI=1S/C11H13ClN2O3S/c1-11(6-17-2)9(15)14(10(16)13-11)5-7-3-4-8(12)18-7/h3-4H,5-6H2,1-2H3,(H,13,16)/t11-/m0/s1. The first-order valence-electron chi connectivity index (χ1n) is 5.33. The first-order chi connectivity index (χ1) is 8.46. The fraction of sp³-hybridized carbons (Fsp3) is 0.455. The Labute approximate surface area is 114 Å². The minimum Gasteiger partial charge on any atom is -0.382 e. The molecule has 0 saturated carbocycles. The Balaban J connectivity index is 2.14. The van der Waals surface area contributed by atoms with Gasteiger partial charge in [0, 0.05) is 12.0 Å². The molecule has 2 rings (SSSR count). The molecule has 1 aromatic heterocycles. The van der Waals surface area contributed by atoms with Crippen LogP contribution in [0, 0.1) is 0 Å². The highest BCUT2D eigenvalue weighted by Gasteiger charge is 2.47. The molecule has 1 atom stereocenters. The van der Waals surface area contributed by atoms with Gasteiger partial charge in [-0.1, -0.05) is 11.6 Å². The molecule has 1 N–H and O–H groups in total. The maximum Gasteiger partial charge on any atom is 0.325 e. The van der Waals surface area contributed by atoms with Crippen LogP contribution in [-0.4, -0.2) is 36.1 Å². The second kappa shape index (κ2) is 4.87. The normalized spacial score (nSPS) is 23.6. The lowest BCUT2D eigenvalue weighted by molar-refractivity contribution is -0.132. The Morgan fingerprint density at radius 1 is 1.50 bits per heavy atom. The number of rotatable bonds is 4. The van der Waals surface area contributed by atoms with Crippen LogP contribution in [0.15, 0.2) is 12.1 Å². The quantitative estimate of drug-likeness (QED) is 0.860. The molecule has 1 fully saturated rings. The summed E-state index contributed by atoms with van der Waals surface area (Å²) in [6.45, 7) is 2.04. The Morgan fingerprint density at radius 3 is 2.78 bits per heavy atom. The van der Waals surface area contributed by atoms with Crippen molar-refractivity contribution in [3.63, 3.8) is 0 Å². The van der Waals surface area contributed by atoms with E-state index in [4.69, 9.17) is 16.3 Å². The third-order valence-electron chi connectivity index (χ3n) is 2.72. The summed E-state index contributed by atoms with van der Waals surface area (Å²) in [4.78, 5) is 26.0. The highest BCUT2D eigenvalue weighted by Crippen LogP contribution is 2.26. The third-order valence-corrected chi connectivity index (χ3v) is 3.94. The zero-order chi connectivity index (χ0) is 13.3. The molecule has 0 spiro atoms. The first kappa shape index (κ1) is 13.3. The lowest BCUT2D eigenvalue weighted by Gasteiger charge is -2.20. The molecular formula is C11H13ClN2O3S. The molecule has 1 saturated heterocycles. The van der Waals surface area contributed by atoms with Gasteiger partial charge in [0.2, 0.25) is 0 Å². The van der Waals surface area contributed by atoms with Crippen LogP contribution in [0.25, 0.3) is 0 Å². The minimum atomic E-state index is -0.979. The highest BCUT2D eigenvalue weighted by atomic mass is 35.5. The largest absolute Gasteiger partial charge is 0.382 e. The van der Waals surface area contributed by atoms with Crippen LogP contribution >= 0.6 is 22.9 Å². The van der Waals surface area contributed by atoms with E-state index in [-0.39, 0.29) is 19.1 Å². The van der Waals surface area contributed by atoms with Gasteiger partial charge in [-0.05, 0) is 19.1 Å². The first-order valence-corrected chi connectivity index (χ1v) is 6.53. The molecule has 0 aliphatic carbocycles. The SMILES string of the molecule is COC[C@]1(C)NC(=O)N(Cc2ccc(Cl)s2)C1=O. The molecule has 7 heteroatoms. The maximum atomic E-state index is 12.2. The van der Waals surface area contributed by atoms with Crippen molar-refractivity contribution in [2.45, 2.75) is 19.0 Å². The summed E-state index contributed by atoms with van der Waals surface area (Å²) in [6, 6.07) is 3.15. The lowest BCUT2D eigenvalue weighted by Crippen LogP contribution is -2.47. The van der Waals surface area contributed by atoms with Gasteiger partial charge in [-0.2, -0.15) is 0 Å². The van der Waals surface area contributed by atoms with Gasteiger partial charge in [0.15, 0.2) is 0 Å². The molecule has 0 bridgehead atoms. The van der Waals surface area contributed by atoms with Crippen molar-refractivity contribution in [3.05, 3.63) is 21.3 Å². The van der Waals surface area contributed by atoms with Crippen LogP contribution in [-0.2, 0) is 16.1 Å². The van der Waals surface area contributed by atoms with Crippen molar-refractivity contribution < 1.29 is 14.3 Å². The van der Waals surface area contributed by atoms with Gasteiger partial charge in [0.25, 0.3) is 5.91 Å². The minimum absolute atomic E-state index is 0.152. The molecule has 1 aliphatic heterocycles. The van der Waals surface area contributed by atoms with Crippen LogP contribution in [0.4, 0.5) is 4.79 Å². The van der Waals surface area contributed by atoms with E-state index < -0.39 is 11.6 Å². The van der Waals surface area contributed by atoms with Crippen molar-refractivity contribution in [3.8, 4) is 0 Å². The number of hydrogen-bond acceptors (Lipinski definition) is 4. The summed E-state index contributed by atoms with van der Waals surface area (Å²) in [5.74, 6) is -0.279. The van der Waals surface area contributed by atoms with E-state index in [0.29, 0.717) is 4.34 Å². The predicted octanol–water partition coefficient (Wildman–Crippen LogP) is 1.86. The number of urea groups is 1. The number of methoxy groups -OCH3 is 1. The molecule has 0 unspecified atom stereocenters. The van der Waals surface area contributed by atoms with Crippen molar-refractivity contribution in [1.29, 1.82) is 0 Å². The Morgan fingerprint density at radius 2 is 2.22 bits per heavy atom. The van der Waals surface area contributed by atoms with Crippen LogP contribution in [0.3, 0.4) is 0 Å². The summed E-state index contributed by atoms with van der Waals surface area (Å²) < 4.78 is 5.61. The number of ether oxygens (including phenoxy) is 1. The molecule has 3 amide bonds. The van der Waals surface area contributed by atoms with Gasteiger partial charge in [-0.25, -0.2) is 4.79 Å². The van der Waals surface area contributed by atoms with Crippen LogP contribution in [0.5, 0.6) is 0 Å². The summed E-state index contributed by atoms with van der Waals surface area (Å²) >= 11 is 7.17. The number of hydrogen-bond donors (Lipinski definition) is 1. The second-order valence-corrected chi connectivity index (χ2v) is 6.09. The predicted molar refractivity (Wildman–Crippen MR) is 68.7 cm³/mol. The molecule has 98 valence electrons. The average Bonchev–Trinajstić information content (AvgIpc) is 2.78. The molecule has 0 aromatic carbocycles. The van der Waals surface area contributed by atoms with Crippen molar-refractivity contribution in [2.24, 2.45) is 0 Å². The number of nitrogens with one attached hydrogen (secondary N) is 1. The third kappa shape index (κ3) is 2.36. The Kier molecular flexibility index (Phi) is 3.61. The zero-order valence-electron chi connectivity index (χ0n) is 10.0. The van der Waals surface area contributed by atoms with Gasteiger partial charge < -0.3 is 10.1 Å². The van der Waals surface area contributed by atoms with E-state index in [1.54, 1.807) is 19.1 Å². The van der Waals surface area contributed by atoms with Gasteiger partial charge in [0.1, 0.15) is 5.54 Å². The van der Waals surface area contributed by atoms with Gasteiger partial charge >= 0.3 is 6.03 Å². The summed E-state index contributed by atoms with van der Waals surface area (Å²) in [5.41, 5.74) is -0.979. The number of thiophene rings is 1. The molecule has 18 heavy (non-hydrogen) atoms. The fourth-order valence-corrected chi connectivity index (χ4v) is 2.95. The van der Waals surface area contributed by atoms with E-state index in [1.807, 2.05) is 0 Å². The fourth-order valence-electron chi connectivity index (χ4n) is 1.87. The second-order valence-electron chi connectivity index (χ2n) is 4.29. The van der Waals surface area contributed by atoms with E-state index in [9.17, 15) is 9.59 Å². The molecule has 5 nitrogen and oxygen atoms in total. The number of nitrogens with zero attached hydrogens (tertiary/aromatic N) is 1. The average molecular weight is 289 g/mol. The zero-order valence-corrected chi connectivity index (χ0v) is 11.6. The number of amides is 3. The lowest BCUT2D eigenvalue weighted by atomic mass is 10.0. The highest BCUT2D eigenvalue weighted by molar-refractivity contribution is 7.16. The van der Waals surface area contributed by atoms with Crippen molar-refractivity contribution >= 4 is 34.9 Å². The monoisotopic (exact) mass is 288 g/mol. The van der Waals surface area contributed by atoms with Crippen molar-refractivity contribution in [1.82, 2.24) is 10.2 Å². The van der Waals surface area contributed by atoms with Crippen LogP contribution in [0.2, 0.25) is 4.34 Å². The Bertz CT molecular complexity index is 490. The van der Waals surface area contributed by atoms with Crippen LogP contribution in [0.1, 0.15) is 11.8 Å². The van der Waals surface area contributed by atoms with E-state index in [1.165, 1.54) is 23.3 Å². The molecule has 1 aliphatic rings. The van der Waals surface area contributed by atoms with E-state index in [0.717, 1.165) is 4.88 Å². The van der Waals surface area contributed by atoms with Crippen LogP contribution < -0.4 is 5.32 Å². The smallest absolute Gasteiger partial charge is 0.325 e. The maximum absolute atomic E-state index is 12.2. The number of halogens is 1. The molecule has 0 radical (unpaired) electrons. The summed E-state index contributed by atoms with van der Waals surface area (Å²) in [6.07, 6.45) is 0. The number of imide groups is 1. The summed E-state index contributed by atoms with van der Waals surface area (Å²) in [7, 11) is 1.49.